The maximum absolute atomic E-state index is 16.1. The van der Waals surface area contributed by atoms with E-state index in [1.165, 1.54) is 36.8 Å². The number of nitrogens with one attached hydrogen (secondary N) is 1. The zero-order valence-electron chi connectivity index (χ0n) is 31.1. The SMILES string of the molecule is O=C1CC[C@@H](N2Cc3cc(N4CCN(CC5CCN(c6ccc([C@@H]7c8ccc(O)cc8CC[C@@H]7C7CCCC7)cc6F)CC5)CC4)ccc3C2=O)C(=O)N1. The number of phenols is 1. The lowest BCUT2D eigenvalue weighted by Crippen LogP contribution is -2.52. The summed E-state index contributed by atoms with van der Waals surface area (Å²) in [6.07, 6.45) is 9.94. The molecule has 4 fully saturated rings. The van der Waals surface area contributed by atoms with Crippen LogP contribution in [-0.4, -0.2) is 84.5 Å². The van der Waals surface area contributed by atoms with Crippen LogP contribution in [0.5, 0.6) is 5.75 Å². The fraction of sp³-hybridized carbons (Fsp3) is 0.523. The molecule has 2 aliphatic carbocycles. The van der Waals surface area contributed by atoms with Crippen molar-refractivity contribution in [2.45, 2.75) is 82.7 Å². The Morgan fingerprint density at radius 3 is 2.31 bits per heavy atom. The van der Waals surface area contributed by atoms with Crippen LogP contribution in [0.25, 0.3) is 0 Å². The molecule has 54 heavy (non-hydrogen) atoms. The Morgan fingerprint density at radius 1 is 0.759 bits per heavy atom. The first kappa shape index (κ1) is 35.3. The monoisotopic (exact) mass is 733 g/mol. The lowest BCUT2D eigenvalue weighted by atomic mass is 9.66. The molecule has 0 aromatic heterocycles. The number of rotatable bonds is 7. The summed E-state index contributed by atoms with van der Waals surface area (Å²) < 4.78 is 16.1. The van der Waals surface area contributed by atoms with Gasteiger partial charge in [0.2, 0.25) is 11.8 Å². The van der Waals surface area contributed by atoms with Crippen molar-refractivity contribution in [2.24, 2.45) is 17.8 Å². The molecule has 0 unspecified atom stereocenters. The van der Waals surface area contributed by atoms with Crippen molar-refractivity contribution < 1.29 is 23.9 Å². The summed E-state index contributed by atoms with van der Waals surface area (Å²) in [7, 11) is 0. The van der Waals surface area contributed by atoms with Gasteiger partial charge in [-0.25, -0.2) is 4.39 Å². The van der Waals surface area contributed by atoms with Crippen LogP contribution in [0.4, 0.5) is 15.8 Å². The van der Waals surface area contributed by atoms with E-state index >= 15 is 4.39 Å². The predicted octanol–water partition coefficient (Wildman–Crippen LogP) is 6.22. The van der Waals surface area contributed by atoms with E-state index in [-0.39, 0.29) is 35.9 Å². The molecule has 3 aromatic carbocycles. The van der Waals surface area contributed by atoms with Gasteiger partial charge in [-0.05, 0) is 115 Å². The number of fused-ring (bicyclic) bond motifs is 2. The first-order chi connectivity index (χ1) is 26.3. The molecule has 0 bridgehead atoms. The molecule has 2 N–H and O–H groups in total. The molecule has 10 heteroatoms. The van der Waals surface area contributed by atoms with Crippen molar-refractivity contribution in [2.75, 3.05) is 55.6 Å². The van der Waals surface area contributed by atoms with Crippen LogP contribution in [0.2, 0.25) is 0 Å². The molecule has 4 heterocycles. The van der Waals surface area contributed by atoms with Gasteiger partial charge in [-0.3, -0.25) is 24.6 Å². The minimum Gasteiger partial charge on any atom is -0.508 e. The van der Waals surface area contributed by atoms with Gasteiger partial charge < -0.3 is 19.8 Å². The summed E-state index contributed by atoms with van der Waals surface area (Å²) in [5.74, 6) is 1.37. The number of nitrogens with zero attached hydrogens (tertiary/aromatic N) is 4. The molecule has 0 spiro atoms. The van der Waals surface area contributed by atoms with Gasteiger partial charge in [-0.15, -0.1) is 0 Å². The molecule has 284 valence electrons. The number of amides is 3. The van der Waals surface area contributed by atoms with Crippen molar-refractivity contribution in [3.63, 3.8) is 0 Å². The molecule has 3 aromatic rings. The van der Waals surface area contributed by atoms with Gasteiger partial charge in [0.1, 0.15) is 17.6 Å². The molecule has 4 aliphatic heterocycles. The zero-order chi connectivity index (χ0) is 36.9. The van der Waals surface area contributed by atoms with E-state index in [1.807, 2.05) is 30.3 Å². The summed E-state index contributed by atoms with van der Waals surface area (Å²) in [5, 5.41) is 12.6. The van der Waals surface area contributed by atoms with E-state index in [1.54, 1.807) is 11.0 Å². The van der Waals surface area contributed by atoms with Crippen molar-refractivity contribution in [3.05, 3.63) is 88.2 Å². The van der Waals surface area contributed by atoms with Gasteiger partial charge in [0.25, 0.3) is 5.91 Å². The number of phenolic OH excluding ortho intramolecular Hbond substituents is 1. The number of imide groups is 1. The maximum atomic E-state index is 16.1. The van der Waals surface area contributed by atoms with Crippen molar-refractivity contribution in [1.82, 2.24) is 15.1 Å². The molecular formula is C44H52FN5O4. The molecule has 9 nitrogen and oxygen atoms in total. The number of halogens is 1. The molecular weight excluding hydrogens is 682 g/mol. The molecule has 3 amide bonds. The maximum Gasteiger partial charge on any atom is 0.255 e. The number of hydrogen-bond donors (Lipinski definition) is 2. The number of carbonyl (C=O) groups excluding carboxylic acids is 3. The molecule has 9 rings (SSSR count). The number of piperidine rings is 2. The number of carbonyl (C=O) groups is 3. The smallest absolute Gasteiger partial charge is 0.255 e. The fourth-order valence-electron chi connectivity index (χ4n) is 10.8. The van der Waals surface area contributed by atoms with Gasteiger partial charge in [-0.2, -0.15) is 0 Å². The number of piperazine rings is 1. The Balaban J connectivity index is 0.785. The topological polar surface area (TPSA) is 96.4 Å². The Kier molecular flexibility index (Phi) is 9.58. The largest absolute Gasteiger partial charge is 0.508 e. The van der Waals surface area contributed by atoms with Crippen molar-refractivity contribution >= 4 is 29.1 Å². The second kappa shape index (κ2) is 14.7. The Morgan fingerprint density at radius 2 is 1.56 bits per heavy atom. The summed E-state index contributed by atoms with van der Waals surface area (Å²) >= 11 is 0. The summed E-state index contributed by atoms with van der Waals surface area (Å²) in [6, 6.07) is 17.3. The Hall–Kier alpha value is -4.44. The lowest BCUT2D eigenvalue weighted by Gasteiger charge is -2.40. The third-order valence-corrected chi connectivity index (χ3v) is 13.7. The first-order valence-electron chi connectivity index (χ1n) is 20.4. The fourth-order valence-corrected chi connectivity index (χ4v) is 10.8. The van der Waals surface area contributed by atoms with Gasteiger partial charge in [-0.1, -0.05) is 37.8 Å². The average molecular weight is 734 g/mol. The quantitative estimate of drug-likeness (QED) is 0.279. The van der Waals surface area contributed by atoms with Crippen LogP contribution in [-0.2, 0) is 22.6 Å². The third kappa shape index (κ3) is 6.75. The predicted molar refractivity (Wildman–Crippen MR) is 206 cm³/mol. The summed E-state index contributed by atoms with van der Waals surface area (Å²) in [5.41, 5.74) is 6.98. The molecule has 3 atom stereocenters. The van der Waals surface area contributed by atoms with Crippen LogP contribution in [0, 0.1) is 23.6 Å². The molecule has 6 aliphatic rings. The number of benzene rings is 3. The first-order valence-corrected chi connectivity index (χ1v) is 20.4. The molecule has 1 saturated carbocycles. The highest BCUT2D eigenvalue weighted by Crippen LogP contribution is 2.49. The lowest BCUT2D eigenvalue weighted by molar-refractivity contribution is -0.136. The van der Waals surface area contributed by atoms with Crippen LogP contribution < -0.4 is 15.1 Å². The Bertz CT molecular complexity index is 1930. The van der Waals surface area contributed by atoms with Gasteiger partial charge >= 0.3 is 0 Å². The van der Waals surface area contributed by atoms with Crippen LogP contribution >= 0.6 is 0 Å². The summed E-state index contributed by atoms with van der Waals surface area (Å²) in [6.45, 7) is 6.94. The van der Waals surface area contributed by atoms with Crippen molar-refractivity contribution in [3.8, 4) is 5.75 Å². The minimum atomic E-state index is -0.599. The second-order valence-electron chi connectivity index (χ2n) is 16.8. The Labute approximate surface area is 317 Å². The molecule has 3 saturated heterocycles. The number of aryl methyl sites for hydroxylation is 1. The number of anilines is 2. The minimum absolute atomic E-state index is 0.113. The zero-order valence-corrected chi connectivity index (χ0v) is 31.1. The van der Waals surface area contributed by atoms with Gasteiger partial charge in [0.15, 0.2) is 0 Å². The second-order valence-corrected chi connectivity index (χ2v) is 16.8. The van der Waals surface area contributed by atoms with E-state index in [9.17, 15) is 19.5 Å². The highest BCUT2D eigenvalue weighted by molar-refractivity contribution is 6.05. The average Bonchev–Trinajstić information content (AvgIpc) is 3.83. The highest BCUT2D eigenvalue weighted by atomic mass is 19.1. The molecule has 0 radical (unpaired) electrons. The normalized spacial score (nSPS) is 25.6. The van der Waals surface area contributed by atoms with Crippen molar-refractivity contribution in [1.29, 1.82) is 0 Å². The van der Waals surface area contributed by atoms with Gasteiger partial charge in [0, 0.05) is 75.9 Å². The number of aromatic hydroxyl groups is 1. The summed E-state index contributed by atoms with van der Waals surface area (Å²) in [4.78, 5) is 46.0. The van der Waals surface area contributed by atoms with E-state index < -0.39 is 6.04 Å². The van der Waals surface area contributed by atoms with Crippen LogP contribution in [0.15, 0.2) is 54.6 Å². The third-order valence-electron chi connectivity index (χ3n) is 13.7. The van der Waals surface area contributed by atoms with Crippen LogP contribution in [0.3, 0.4) is 0 Å². The standard InChI is InChI=1S/C44H52FN5O4/c45-38-25-31(42-35(29-3-1-2-4-29)9-5-30-24-34(51)8-11-36(30)42)6-12-39(38)49-17-15-28(16-18-49)26-47-19-21-48(22-20-47)33-7-10-37-32(23-33)27-50(44(37)54)40-13-14-41(52)46-43(40)53/h6-8,10-12,23-25,28-29,35,40,42,51H,1-5,9,13-22,26-27H2,(H,46,52,53)/t35-,40-,42+/m1/s1. The number of hydrogen-bond acceptors (Lipinski definition) is 7. The van der Waals surface area contributed by atoms with Crippen LogP contribution in [0.1, 0.15) is 96.3 Å². The van der Waals surface area contributed by atoms with Gasteiger partial charge in [0.05, 0.1) is 5.69 Å². The van der Waals surface area contributed by atoms with E-state index in [0.717, 1.165) is 94.0 Å². The van der Waals surface area contributed by atoms with E-state index in [2.05, 4.69) is 38.2 Å². The highest BCUT2D eigenvalue weighted by Gasteiger charge is 2.40. The van der Waals surface area contributed by atoms with E-state index in [4.69, 9.17) is 0 Å². The van der Waals surface area contributed by atoms with E-state index in [0.29, 0.717) is 42.0 Å².